The van der Waals surface area contributed by atoms with Gasteiger partial charge in [0.2, 0.25) is 0 Å². The predicted molar refractivity (Wildman–Crippen MR) is 88.7 cm³/mol. The van der Waals surface area contributed by atoms with Crippen LogP contribution in [-0.2, 0) is 6.54 Å². The van der Waals surface area contributed by atoms with E-state index in [1.54, 1.807) is 0 Å². The molecule has 2 rings (SSSR count). The summed E-state index contributed by atoms with van der Waals surface area (Å²) >= 11 is 0. The number of nitrogens with one attached hydrogen (secondary N) is 1. The molecule has 0 fully saturated rings. The second-order valence-corrected chi connectivity index (χ2v) is 5.59. The van der Waals surface area contributed by atoms with Gasteiger partial charge in [0.25, 0.3) is 11.6 Å². The summed E-state index contributed by atoms with van der Waals surface area (Å²) in [5, 5.41) is 26.8. The highest BCUT2D eigenvalue weighted by molar-refractivity contribution is 5.98. The van der Waals surface area contributed by atoms with E-state index in [1.807, 2.05) is 24.6 Å². The molecule has 9 heteroatoms. The van der Waals surface area contributed by atoms with E-state index in [4.69, 9.17) is 5.11 Å². The van der Waals surface area contributed by atoms with E-state index in [1.165, 1.54) is 0 Å². The quantitative estimate of drug-likeness (QED) is 0.448. The van der Waals surface area contributed by atoms with Crippen LogP contribution in [0, 0.1) is 24.0 Å². The van der Waals surface area contributed by atoms with Crippen LogP contribution in [0.2, 0.25) is 0 Å². The minimum Gasteiger partial charge on any atom is -0.478 e. The SMILES string of the molecule is Cc1cc(C)n(CCCNC(=O)c2cc(C(=O)O)cc([N+](=O)[O-])c2)n1. The van der Waals surface area contributed by atoms with Gasteiger partial charge in [-0.25, -0.2) is 4.79 Å². The third-order valence-electron chi connectivity index (χ3n) is 3.57. The van der Waals surface area contributed by atoms with E-state index in [2.05, 4.69) is 10.4 Å². The molecule has 25 heavy (non-hydrogen) atoms. The van der Waals surface area contributed by atoms with Crippen molar-refractivity contribution >= 4 is 17.6 Å². The lowest BCUT2D eigenvalue weighted by molar-refractivity contribution is -0.384. The molecule has 132 valence electrons. The minimum absolute atomic E-state index is 0.0577. The maximum absolute atomic E-state index is 12.1. The van der Waals surface area contributed by atoms with Crippen molar-refractivity contribution in [3.8, 4) is 0 Å². The first kappa shape index (κ1) is 18.1. The fraction of sp³-hybridized carbons (Fsp3) is 0.312. The lowest BCUT2D eigenvalue weighted by Gasteiger charge is -2.07. The van der Waals surface area contributed by atoms with Crippen molar-refractivity contribution in [2.45, 2.75) is 26.8 Å². The summed E-state index contributed by atoms with van der Waals surface area (Å²) in [6.45, 7) is 4.79. The van der Waals surface area contributed by atoms with Gasteiger partial charge in [0.05, 0.1) is 16.2 Å². The molecule has 1 aromatic heterocycles. The molecule has 0 aliphatic heterocycles. The van der Waals surface area contributed by atoms with Crippen molar-refractivity contribution < 1.29 is 19.6 Å². The molecule has 9 nitrogen and oxygen atoms in total. The van der Waals surface area contributed by atoms with Crippen molar-refractivity contribution in [2.75, 3.05) is 6.54 Å². The molecule has 0 bridgehead atoms. The van der Waals surface area contributed by atoms with Crippen LogP contribution >= 0.6 is 0 Å². The average Bonchev–Trinajstić information content (AvgIpc) is 2.88. The summed E-state index contributed by atoms with van der Waals surface area (Å²) < 4.78 is 1.83. The zero-order valence-corrected chi connectivity index (χ0v) is 13.9. The fourth-order valence-corrected chi connectivity index (χ4v) is 2.41. The van der Waals surface area contributed by atoms with Gasteiger partial charge in [0, 0.05) is 36.5 Å². The molecule has 1 amide bonds. The number of hydrogen-bond donors (Lipinski definition) is 2. The van der Waals surface area contributed by atoms with Gasteiger partial charge in [0.1, 0.15) is 0 Å². The second kappa shape index (κ2) is 7.56. The van der Waals surface area contributed by atoms with Crippen LogP contribution in [0.15, 0.2) is 24.3 Å². The van der Waals surface area contributed by atoms with Crippen LogP contribution in [0.3, 0.4) is 0 Å². The Hall–Kier alpha value is -3.23. The Morgan fingerprint density at radius 3 is 2.48 bits per heavy atom. The van der Waals surface area contributed by atoms with Crippen molar-refractivity contribution in [1.82, 2.24) is 15.1 Å². The summed E-state index contributed by atoms with van der Waals surface area (Å²) in [4.78, 5) is 33.3. The lowest BCUT2D eigenvalue weighted by atomic mass is 10.1. The van der Waals surface area contributed by atoms with E-state index >= 15 is 0 Å². The van der Waals surface area contributed by atoms with Gasteiger partial charge >= 0.3 is 5.97 Å². The van der Waals surface area contributed by atoms with Gasteiger partial charge in [-0.15, -0.1) is 0 Å². The molecule has 0 saturated heterocycles. The van der Waals surface area contributed by atoms with E-state index in [-0.39, 0.29) is 11.1 Å². The van der Waals surface area contributed by atoms with Crippen LogP contribution in [0.1, 0.15) is 38.5 Å². The first-order valence-corrected chi connectivity index (χ1v) is 7.60. The fourth-order valence-electron chi connectivity index (χ4n) is 2.41. The molecule has 0 atom stereocenters. The number of aryl methyl sites for hydroxylation is 3. The van der Waals surface area contributed by atoms with E-state index in [9.17, 15) is 19.7 Å². The summed E-state index contributed by atoms with van der Waals surface area (Å²) in [5.41, 5.74) is 1.14. The van der Waals surface area contributed by atoms with Gasteiger partial charge in [0.15, 0.2) is 0 Å². The second-order valence-electron chi connectivity index (χ2n) is 5.59. The van der Waals surface area contributed by atoms with Gasteiger partial charge in [-0.3, -0.25) is 19.6 Å². The predicted octanol–water partition coefficient (Wildman–Crippen LogP) is 1.93. The molecule has 2 N–H and O–H groups in total. The van der Waals surface area contributed by atoms with Crippen molar-refractivity contribution in [3.05, 3.63) is 56.9 Å². The standard InChI is InChI=1S/C16H18N4O5/c1-10-6-11(2)19(18-10)5-3-4-17-15(21)12-7-13(16(22)23)9-14(8-12)20(24)25/h6-9H,3-5H2,1-2H3,(H,17,21)(H,22,23). The van der Waals surface area contributed by atoms with Crippen molar-refractivity contribution in [2.24, 2.45) is 0 Å². The Balaban J connectivity index is 1.99. The average molecular weight is 346 g/mol. The van der Waals surface area contributed by atoms with Crippen LogP contribution in [0.25, 0.3) is 0 Å². The summed E-state index contributed by atoms with van der Waals surface area (Å²) in [6.07, 6.45) is 0.619. The molecular formula is C16H18N4O5. The smallest absolute Gasteiger partial charge is 0.335 e. The number of aromatic nitrogens is 2. The number of amides is 1. The van der Waals surface area contributed by atoms with Gasteiger partial charge < -0.3 is 10.4 Å². The highest BCUT2D eigenvalue weighted by Gasteiger charge is 2.17. The number of rotatable bonds is 7. The number of nitro groups is 1. The Morgan fingerprint density at radius 1 is 1.24 bits per heavy atom. The maximum atomic E-state index is 12.1. The number of carboxylic acid groups (broad SMARTS) is 1. The number of nitrogens with zero attached hydrogens (tertiary/aromatic N) is 3. The number of hydrogen-bond acceptors (Lipinski definition) is 5. The summed E-state index contributed by atoms with van der Waals surface area (Å²) in [7, 11) is 0. The van der Waals surface area contributed by atoms with Crippen LogP contribution < -0.4 is 5.32 Å². The molecule has 0 unspecified atom stereocenters. The Labute approximate surface area is 143 Å². The lowest BCUT2D eigenvalue weighted by Crippen LogP contribution is -2.25. The largest absolute Gasteiger partial charge is 0.478 e. The van der Waals surface area contributed by atoms with E-state index in [0.29, 0.717) is 19.5 Å². The van der Waals surface area contributed by atoms with Crippen LogP contribution in [0.5, 0.6) is 0 Å². The maximum Gasteiger partial charge on any atom is 0.335 e. The normalized spacial score (nSPS) is 10.5. The topological polar surface area (TPSA) is 127 Å². The zero-order chi connectivity index (χ0) is 18.6. The number of nitro benzene ring substituents is 1. The number of non-ortho nitro benzene ring substituents is 1. The van der Waals surface area contributed by atoms with Gasteiger partial charge in [-0.1, -0.05) is 0 Å². The minimum atomic E-state index is -1.33. The van der Waals surface area contributed by atoms with E-state index in [0.717, 1.165) is 29.6 Å². The highest BCUT2D eigenvalue weighted by Crippen LogP contribution is 2.17. The highest BCUT2D eigenvalue weighted by atomic mass is 16.6. The number of carboxylic acids is 1. The molecule has 1 aromatic carbocycles. The Morgan fingerprint density at radius 2 is 1.92 bits per heavy atom. The number of carbonyl (C=O) groups is 2. The zero-order valence-electron chi connectivity index (χ0n) is 13.9. The number of aromatic carboxylic acids is 1. The summed E-state index contributed by atoms with van der Waals surface area (Å²) in [5.74, 6) is -1.89. The Kier molecular flexibility index (Phi) is 5.48. The number of benzene rings is 1. The molecule has 2 aromatic rings. The van der Waals surface area contributed by atoms with Crippen LogP contribution in [0.4, 0.5) is 5.69 Å². The molecule has 0 saturated carbocycles. The monoisotopic (exact) mass is 346 g/mol. The van der Waals surface area contributed by atoms with E-state index < -0.39 is 22.5 Å². The molecular weight excluding hydrogens is 328 g/mol. The molecule has 0 radical (unpaired) electrons. The van der Waals surface area contributed by atoms with Gasteiger partial charge in [-0.05, 0) is 32.4 Å². The first-order valence-electron chi connectivity index (χ1n) is 7.60. The summed E-state index contributed by atoms with van der Waals surface area (Å²) in [6, 6.07) is 5.05. The first-order chi connectivity index (χ1) is 11.8. The van der Waals surface area contributed by atoms with Crippen LogP contribution in [-0.4, -0.2) is 38.2 Å². The Bertz CT molecular complexity index is 796. The molecule has 0 spiro atoms. The van der Waals surface area contributed by atoms with Gasteiger partial charge in [-0.2, -0.15) is 5.10 Å². The molecule has 1 heterocycles. The van der Waals surface area contributed by atoms with Crippen molar-refractivity contribution in [1.29, 1.82) is 0 Å². The molecule has 0 aliphatic rings. The number of carbonyl (C=O) groups excluding carboxylic acids is 1. The third-order valence-corrected chi connectivity index (χ3v) is 3.57. The van der Waals surface area contributed by atoms with Crippen molar-refractivity contribution in [3.63, 3.8) is 0 Å². The third kappa shape index (κ3) is 4.63. The molecule has 0 aliphatic carbocycles.